The van der Waals surface area contributed by atoms with E-state index in [1.54, 1.807) is 12.1 Å². The van der Waals surface area contributed by atoms with Gasteiger partial charge in [0.05, 0.1) is 22.3 Å². The standard InChI is InChI=1S/C59H54N3O.Pt/c1-37-18-27-53(50(31-37)43-23-25-47(26-24-43)58(4,5)6)62-54-17-13-16-49(55(54)61-57(62)51-32-38(2)30-39(3)56(51)63)45-33-46(35-48(34-45)59(7,8)9)52-36-44(28-29-60-52)42-21-19-41(20-22-42)40-14-11-10-12-15-40;/h10-32,34-36,63H,1-9H3;/q-1;/i1D3;. The first-order valence-electron chi connectivity index (χ1n) is 23.1. The fourth-order valence-electron chi connectivity index (χ4n) is 8.51. The summed E-state index contributed by atoms with van der Waals surface area (Å²) in [4.78, 5) is 10.4. The Kier molecular flexibility index (Phi) is 10.9. The Hall–Kier alpha value is -6.35. The van der Waals surface area contributed by atoms with E-state index in [4.69, 9.17) is 14.1 Å². The maximum atomic E-state index is 11.8. The van der Waals surface area contributed by atoms with Gasteiger partial charge in [-0.05, 0) is 106 Å². The maximum absolute atomic E-state index is 11.8. The van der Waals surface area contributed by atoms with E-state index in [2.05, 4.69) is 149 Å². The molecule has 0 radical (unpaired) electrons. The molecule has 0 aliphatic heterocycles. The summed E-state index contributed by atoms with van der Waals surface area (Å²) in [6, 6.07) is 55.2. The topological polar surface area (TPSA) is 50.9 Å². The second kappa shape index (κ2) is 17.3. The van der Waals surface area contributed by atoms with Crippen LogP contribution in [0.25, 0.3) is 83.9 Å². The van der Waals surface area contributed by atoms with Crippen LogP contribution in [0.2, 0.25) is 0 Å². The minimum absolute atomic E-state index is 0. The largest absolute Gasteiger partial charge is 0.507 e. The normalized spacial score (nSPS) is 12.7. The number of nitrogens with zero attached hydrogens (tertiary/aromatic N) is 3. The van der Waals surface area contributed by atoms with Gasteiger partial charge >= 0.3 is 0 Å². The molecule has 4 nitrogen and oxygen atoms in total. The molecule has 0 bridgehead atoms. The number of pyridine rings is 1. The van der Waals surface area contributed by atoms with Crippen LogP contribution in [0.3, 0.4) is 0 Å². The van der Waals surface area contributed by atoms with Crippen molar-refractivity contribution in [2.45, 2.75) is 73.1 Å². The zero-order valence-electron chi connectivity index (χ0n) is 40.6. The number of rotatable bonds is 7. The van der Waals surface area contributed by atoms with E-state index in [9.17, 15) is 5.11 Å². The predicted octanol–water partition coefficient (Wildman–Crippen LogP) is 15.4. The summed E-state index contributed by atoms with van der Waals surface area (Å²) in [7, 11) is 0. The number of imidazole rings is 1. The van der Waals surface area contributed by atoms with E-state index < -0.39 is 6.85 Å². The number of para-hydroxylation sites is 1. The minimum atomic E-state index is -2.33. The number of hydrogen-bond donors (Lipinski definition) is 1. The van der Waals surface area contributed by atoms with Crippen LogP contribution in [0.5, 0.6) is 5.75 Å². The minimum Gasteiger partial charge on any atom is -0.507 e. The molecule has 0 saturated carbocycles. The Morgan fingerprint density at radius 1 is 0.562 bits per heavy atom. The molecule has 64 heavy (non-hydrogen) atoms. The molecule has 2 aromatic heterocycles. The molecule has 2 heterocycles. The van der Waals surface area contributed by atoms with Gasteiger partial charge in [-0.3, -0.25) is 9.55 Å². The van der Waals surface area contributed by atoms with E-state index in [-0.39, 0.29) is 43.2 Å². The Balaban J connectivity index is 0.00000608. The average Bonchev–Trinajstić information content (AvgIpc) is 3.69. The van der Waals surface area contributed by atoms with E-state index in [1.165, 1.54) is 11.1 Å². The van der Waals surface area contributed by atoms with E-state index >= 15 is 0 Å². The third-order valence-corrected chi connectivity index (χ3v) is 12.1. The van der Waals surface area contributed by atoms with Crippen LogP contribution in [-0.4, -0.2) is 19.6 Å². The molecule has 0 atom stereocenters. The first-order chi connectivity index (χ1) is 31.3. The van der Waals surface area contributed by atoms with Crippen LogP contribution in [0.1, 0.15) is 73.5 Å². The number of aromatic nitrogens is 3. The van der Waals surface area contributed by atoms with Crippen molar-refractivity contribution in [2.75, 3.05) is 0 Å². The maximum Gasteiger partial charge on any atom is 0.148 e. The van der Waals surface area contributed by atoms with E-state index in [0.717, 1.165) is 78.1 Å². The van der Waals surface area contributed by atoms with Crippen LogP contribution >= 0.6 is 0 Å². The molecule has 9 aromatic rings. The molecule has 5 heteroatoms. The van der Waals surface area contributed by atoms with Crippen LogP contribution in [-0.2, 0) is 31.9 Å². The van der Waals surface area contributed by atoms with Crippen molar-refractivity contribution in [2.24, 2.45) is 0 Å². The smallest absolute Gasteiger partial charge is 0.148 e. The molecule has 0 saturated heterocycles. The van der Waals surface area contributed by atoms with E-state index in [0.29, 0.717) is 16.9 Å². The number of hydrogen-bond acceptors (Lipinski definition) is 3. The number of benzene rings is 7. The predicted molar refractivity (Wildman–Crippen MR) is 264 cm³/mol. The molecule has 0 aliphatic rings. The number of aryl methyl sites for hydroxylation is 3. The third kappa shape index (κ3) is 8.65. The Bertz CT molecular complexity index is 3270. The molecule has 9 rings (SSSR count). The van der Waals surface area contributed by atoms with Crippen molar-refractivity contribution in [3.8, 4) is 78.6 Å². The monoisotopic (exact) mass is 1020 g/mol. The number of aromatic hydroxyl groups is 1. The van der Waals surface area contributed by atoms with Crippen molar-refractivity contribution in [3.63, 3.8) is 0 Å². The Morgan fingerprint density at radius 2 is 1.20 bits per heavy atom. The van der Waals surface area contributed by atoms with Crippen molar-refractivity contribution in [3.05, 3.63) is 192 Å². The van der Waals surface area contributed by atoms with Gasteiger partial charge in [0.2, 0.25) is 0 Å². The zero-order chi connectivity index (χ0) is 46.7. The average molecular weight is 1020 g/mol. The van der Waals surface area contributed by atoms with Crippen LogP contribution in [0.4, 0.5) is 0 Å². The molecular weight excluding hydrogens is 962 g/mol. The fourth-order valence-corrected chi connectivity index (χ4v) is 8.51. The second-order valence-corrected chi connectivity index (χ2v) is 18.8. The van der Waals surface area contributed by atoms with Gasteiger partial charge in [0.15, 0.2) is 0 Å². The summed E-state index contributed by atoms with van der Waals surface area (Å²) in [5.41, 5.74) is 16.3. The van der Waals surface area contributed by atoms with Crippen LogP contribution in [0.15, 0.2) is 158 Å². The summed E-state index contributed by atoms with van der Waals surface area (Å²) < 4.78 is 27.3. The van der Waals surface area contributed by atoms with Gasteiger partial charge in [0.25, 0.3) is 0 Å². The molecule has 322 valence electrons. The Morgan fingerprint density at radius 3 is 1.89 bits per heavy atom. The molecule has 1 N–H and O–H groups in total. The van der Waals surface area contributed by atoms with E-state index in [1.807, 2.05) is 62.5 Å². The Labute approximate surface area is 397 Å². The first kappa shape index (κ1) is 40.4. The van der Waals surface area contributed by atoms with Gasteiger partial charge in [0.1, 0.15) is 11.6 Å². The van der Waals surface area contributed by atoms with Gasteiger partial charge in [-0.2, -0.15) is 0 Å². The third-order valence-electron chi connectivity index (χ3n) is 12.1. The SMILES string of the molecule is [2H]C([2H])([2H])c1ccc(-n2c(-c3cc(C)cc(C)c3O)nc3c(-c4[c-]c(-c5cc(-c6ccc(-c7ccccc7)cc6)ccn5)cc(C(C)(C)C)c4)cccc32)c(-c2ccc(C(C)(C)C)cc2)c1.[Pt]. The van der Waals surface area contributed by atoms with Crippen LogP contribution in [0, 0.1) is 26.8 Å². The van der Waals surface area contributed by atoms with Gasteiger partial charge < -0.3 is 5.11 Å². The van der Waals surface area contributed by atoms with Crippen LogP contribution < -0.4 is 0 Å². The van der Waals surface area contributed by atoms with Gasteiger partial charge in [0, 0.05) is 42.6 Å². The summed E-state index contributed by atoms with van der Waals surface area (Å²) >= 11 is 0. The molecule has 0 amide bonds. The second-order valence-electron chi connectivity index (χ2n) is 18.8. The first-order valence-corrected chi connectivity index (χ1v) is 21.6. The van der Waals surface area contributed by atoms with Gasteiger partial charge in [-0.25, -0.2) is 4.98 Å². The fraction of sp³-hybridized carbons (Fsp3) is 0.186. The summed E-state index contributed by atoms with van der Waals surface area (Å²) in [6.07, 6.45) is 1.86. The quantitative estimate of drug-likeness (QED) is 0.162. The summed E-state index contributed by atoms with van der Waals surface area (Å²) in [5, 5.41) is 11.8. The number of phenolic OH excluding ortho intramolecular Hbond substituents is 1. The molecule has 0 spiro atoms. The summed E-state index contributed by atoms with van der Waals surface area (Å²) in [5.74, 6) is 0.675. The summed E-state index contributed by atoms with van der Waals surface area (Å²) in [6.45, 7) is 14.7. The molecule has 0 aliphatic carbocycles. The zero-order valence-corrected chi connectivity index (χ0v) is 39.9. The van der Waals surface area contributed by atoms with Gasteiger partial charge in [-0.1, -0.05) is 167 Å². The molecule has 0 unspecified atom stereocenters. The number of fused-ring (bicyclic) bond motifs is 1. The molecule has 0 fully saturated rings. The number of phenols is 1. The molecular formula is C59H54N3OPt-. The van der Waals surface area contributed by atoms with Gasteiger partial charge in [-0.15, -0.1) is 29.3 Å². The van der Waals surface area contributed by atoms with Crippen molar-refractivity contribution < 1.29 is 30.3 Å². The van der Waals surface area contributed by atoms with Crippen molar-refractivity contribution in [1.29, 1.82) is 0 Å². The van der Waals surface area contributed by atoms with Crippen molar-refractivity contribution >= 4 is 11.0 Å². The van der Waals surface area contributed by atoms with Crippen molar-refractivity contribution in [1.82, 2.24) is 14.5 Å². The molecule has 7 aromatic carbocycles.